The van der Waals surface area contributed by atoms with Gasteiger partial charge >= 0.3 is 5.97 Å². The summed E-state index contributed by atoms with van der Waals surface area (Å²) in [6.07, 6.45) is 0.191. The number of carboxylic acid groups (broad SMARTS) is 1. The highest BCUT2D eigenvalue weighted by Gasteiger charge is 2.16. The number of halogens is 1. The second-order valence-electron chi connectivity index (χ2n) is 6.21. The molecule has 0 aliphatic heterocycles. The maximum Gasteiger partial charge on any atom is 0.337 e. The summed E-state index contributed by atoms with van der Waals surface area (Å²) >= 11 is 6.14. The number of para-hydroxylation sites is 1. The van der Waals surface area contributed by atoms with Crippen molar-refractivity contribution in [3.63, 3.8) is 0 Å². The predicted molar refractivity (Wildman–Crippen MR) is 112 cm³/mol. The van der Waals surface area contributed by atoms with Crippen LogP contribution in [-0.2, 0) is 11.2 Å². The molecule has 146 valence electrons. The van der Waals surface area contributed by atoms with Crippen LogP contribution in [0, 0.1) is 0 Å². The highest BCUT2D eigenvalue weighted by molar-refractivity contribution is 6.34. The lowest BCUT2D eigenvalue weighted by molar-refractivity contribution is -0.115. The van der Waals surface area contributed by atoms with Crippen LogP contribution in [0.15, 0.2) is 72.8 Å². The molecule has 0 heterocycles. The zero-order valence-corrected chi connectivity index (χ0v) is 15.9. The van der Waals surface area contributed by atoms with Gasteiger partial charge in [0.15, 0.2) is 0 Å². The number of carbonyl (C=O) groups is 3. The molecule has 0 spiro atoms. The lowest BCUT2D eigenvalue weighted by Gasteiger charge is -2.11. The quantitative estimate of drug-likeness (QED) is 0.560. The average Bonchev–Trinajstić information content (AvgIpc) is 2.70. The molecule has 0 saturated carbocycles. The van der Waals surface area contributed by atoms with Crippen LogP contribution in [-0.4, -0.2) is 22.9 Å². The standard InChI is InChI=1S/C22H17ClN2O4/c23-18-11-10-15(24-20(26)12-14-6-2-1-3-7-14)13-17(18)21(27)25-19-9-5-4-8-16(19)22(28)29/h1-11,13H,12H2,(H,24,26)(H,25,27)(H,28,29). The van der Waals surface area contributed by atoms with Crippen LogP contribution >= 0.6 is 11.6 Å². The van der Waals surface area contributed by atoms with E-state index >= 15 is 0 Å². The molecule has 3 aromatic carbocycles. The van der Waals surface area contributed by atoms with E-state index in [-0.39, 0.29) is 34.2 Å². The van der Waals surface area contributed by atoms with Gasteiger partial charge in [-0.3, -0.25) is 9.59 Å². The monoisotopic (exact) mass is 408 g/mol. The number of nitrogens with one attached hydrogen (secondary N) is 2. The summed E-state index contributed by atoms with van der Waals surface area (Å²) in [5, 5.41) is 14.7. The Morgan fingerprint density at radius 2 is 1.52 bits per heavy atom. The summed E-state index contributed by atoms with van der Waals surface area (Å²) in [5.41, 5.74) is 1.50. The molecule has 3 aromatic rings. The number of carbonyl (C=O) groups excluding carboxylic acids is 2. The van der Waals surface area contributed by atoms with Gasteiger partial charge in [0.25, 0.3) is 5.91 Å². The third-order valence-corrected chi connectivity index (χ3v) is 4.44. The van der Waals surface area contributed by atoms with Crippen LogP contribution in [0.25, 0.3) is 0 Å². The Balaban J connectivity index is 1.76. The molecule has 29 heavy (non-hydrogen) atoms. The van der Waals surface area contributed by atoms with Gasteiger partial charge in [-0.1, -0.05) is 54.1 Å². The van der Waals surface area contributed by atoms with E-state index in [0.29, 0.717) is 5.69 Å². The fourth-order valence-electron chi connectivity index (χ4n) is 2.73. The number of carboxylic acids is 1. The minimum absolute atomic E-state index is 0.0377. The van der Waals surface area contributed by atoms with Crippen LogP contribution in [0.4, 0.5) is 11.4 Å². The molecular weight excluding hydrogens is 392 g/mol. The van der Waals surface area contributed by atoms with Gasteiger partial charge in [-0.05, 0) is 35.9 Å². The minimum Gasteiger partial charge on any atom is -0.478 e. The molecule has 0 aromatic heterocycles. The van der Waals surface area contributed by atoms with E-state index in [0.717, 1.165) is 5.56 Å². The Morgan fingerprint density at radius 3 is 2.24 bits per heavy atom. The maximum atomic E-state index is 12.6. The van der Waals surface area contributed by atoms with Crippen LogP contribution in [0.1, 0.15) is 26.3 Å². The number of anilines is 2. The van der Waals surface area contributed by atoms with E-state index < -0.39 is 11.9 Å². The molecule has 0 radical (unpaired) electrons. The van der Waals surface area contributed by atoms with Crippen molar-refractivity contribution in [2.24, 2.45) is 0 Å². The summed E-state index contributed by atoms with van der Waals surface area (Å²) in [7, 11) is 0. The Hall–Kier alpha value is -3.64. The Bertz CT molecular complexity index is 1070. The van der Waals surface area contributed by atoms with Crippen molar-refractivity contribution < 1.29 is 19.5 Å². The van der Waals surface area contributed by atoms with Crippen molar-refractivity contribution in [1.29, 1.82) is 0 Å². The fourth-order valence-corrected chi connectivity index (χ4v) is 2.94. The number of rotatable bonds is 6. The highest BCUT2D eigenvalue weighted by Crippen LogP contribution is 2.23. The number of hydrogen-bond acceptors (Lipinski definition) is 3. The maximum absolute atomic E-state index is 12.6. The van der Waals surface area contributed by atoms with Crippen molar-refractivity contribution >= 4 is 40.8 Å². The minimum atomic E-state index is -1.16. The molecule has 0 aliphatic carbocycles. The van der Waals surface area contributed by atoms with E-state index in [1.54, 1.807) is 18.2 Å². The SMILES string of the molecule is O=C(Cc1ccccc1)Nc1ccc(Cl)c(C(=O)Nc2ccccc2C(=O)O)c1. The summed E-state index contributed by atoms with van der Waals surface area (Å²) < 4.78 is 0. The molecule has 7 heteroatoms. The van der Waals surface area contributed by atoms with E-state index in [9.17, 15) is 19.5 Å². The van der Waals surface area contributed by atoms with Gasteiger partial charge in [0.2, 0.25) is 5.91 Å². The molecule has 3 rings (SSSR count). The molecule has 0 fully saturated rings. The predicted octanol–water partition coefficient (Wildman–Crippen LogP) is 4.47. The summed E-state index contributed by atoms with van der Waals surface area (Å²) in [6, 6.07) is 19.9. The molecule has 0 aliphatic rings. The zero-order valence-electron chi connectivity index (χ0n) is 15.2. The second-order valence-corrected chi connectivity index (χ2v) is 6.62. The molecule has 0 bridgehead atoms. The van der Waals surface area contributed by atoms with Gasteiger partial charge in [-0.25, -0.2) is 4.79 Å². The van der Waals surface area contributed by atoms with Crippen molar-refractivity contribution in [3.8, 4) is 0 Å². The number of aromatic carboxylic acids is 1. The van der Waals surface area contributed by atoms with Crippen LogP contribution in [0.5, 0.6) is 0 Å². The molecular formula is C22H17ClN2O4. The van der Waals surface area contributed by atoms with Crippen molar-refractivity contribution in [1.82, 2.24) is 0 Å². The van der Waals surface area contributed by atoms with Gasteiger partial charge < -0.3 is 15.7 Å². The second kappa shape index (κ2) is 9.03. The normalized spacial score (nSPS) is 10.2. The topological polar surface area (TPSA) is 95.5 Å². The van der Waals surface area contributed by atoms with Gasteiger partial charge in [0, 0.05) is 5.69 Å². The lowest BCUT2D eigenvalue weighted by Crippen LogP contribution is -2.17. The molecule has 0 saturated heterocycles. The summed E-state index contributed by atoms with van der Waals surface area (Å²) in [6.45, 7) is 0. The summed E-state index contributed by atoms with van der Waals surface area (Å²) in [5.74, 6) is -1.97. The number of benzene rings is 3. The van der Waals surface area contributed by atoms with Gasteiger partial charge in [-0.2, -0.15) is 0 Å². The fraction of sp³-hybridized carbons (Fsp3) is 0.0455. The molecule has 2 amide bonds. The van der Waals surface area contributed by atoms with Gasteiger partial charge in [-0.15, -0.1) is 0 Å². The molecule has 0 atom stereocenters. The third kappa shape index (κ3) is 5.21. The summed E-state index contributed by atoms with van der Waals surface area (Å²) in [4.78, 5) is 36.2. The lowest BCUT2D eigenvalue weighted by atomic mass is 10.1. The third-order valence-electron chi connectivity index (χ3n) is 4.11. The number of amides is 2. The Morgan fingerprint density at radius 1 is 0.828 bits per heavy atom. The van der Waals surface area contributed by atoms with Crippen LogP contribution in [0.2, 0.25) is 5.02 Å². The first kappa shape index (κ1) is 20.1. The molecule has 0 unspecified atom stereocenters. The van der Waals surface area contributed by atoms with Crippen LogP contribution < -0.4 is 10.6 Å². The first-order valence-corrected chi connectivity index (χ1v) is 9.09. The highest BCUT2D eigenvalue weighted by atomic mass is 35.5. The largest absolute Gasteiger partial charge is 0.478 e. The van der Waals surface area contributed by atoms with E-state index in [1.807, 2.05) is 30.3 Å². The average molecular weight is 409 g/mol. The Kier molecular flexibility index (Phi) is 6.26. The smallest absolute Gasteiger partial charge is 0.337 e. The van der Waals surface area contributed by atoms with Crippen molar-refractivity contribution in [2.75, 3.05) is 10.6 Å². The first-order valence-electron chi connectivity index (χ1n) is 8.71. The van der Waals surface area contributed by atoms with Crippen molar-refractivity contribution in [2.45, 2.75) is 6.42 Å². The van der Waals surface area contributed by atoms with E-state index in [4.69, 9.17) is 11.6 Å². The number of hydrogen-bond donors (Lipinski definition) is 3. The molecule has 6 nitrogen and oxygen atoms in total. The first-order chi connectivity index (χ1) is 13.9. The van der Waals surface area contributed by atoms with E-state index in [2.05, 4.69) is 10.6 Å². The van der Waals surface area contributed by atoms with E-state index in [1.165, 1.54) is 24.3 Å². The van der Waals surface area contributed by atoms with Gasteiger partial charge in [0.1, 0.15) is 0 Å². The van der Waals surface area contributed by atoms with Crippen LogP contribution in [0.3, 0.4) is 0 Å². The molecule has 3 N–H and O–H groups in total. The Labute approximate surface area is 172 Å². The van der Waals surface area contributed by atoms with Gasteiger partial charge in [0.05, 0.1) is 28.3 Å². The van der Waals surface area contributed by atoms with Crippen molar-refractivity contribution in [3.05, 3.63) is 94.5 Å². The zero-order chi connectivity index (χ0) is 20.8.